The summed E-state index contributed by atoms with van der Waals surface area (Å²) in [5.41, 5.74) is 0.805. The quantitative estimate of drug-likeness (QED) is 0.872. The van der Waals surface area contributed by atoms with Crippen LogP contribution in [0.2, 0.25) is 0 Å². The van der Waals surface area contributed by atoms with E-state index in [1.54, 1.807) is 30.0 Å². The van der Waals surface area contributed by atoms with Crippen LogP contribution in [0.3, 0.4) is 0 Å². The normalized spacial score (nSPS) is 21.2. The van der Waals surface area contributed by atoms with Gasteiger partial charge in [-0.3, -0.25) is 4.79 Å². The number of hydrogen-bond donors (Lipinski definition) is 2. The average Bonchev–Trinajstić information content (AvgIpc) is 2.38. The zero-order valence-corrected chi connectivity index (χ0v) is 11.2. The summed E-state index contributed by atoms with van der Waals surface area (Å²) in [6, 6.07) is 6.70. The van der Waals surface area contributed by atoms with Gasteiger partial charge in [0.1, 0.15) is 5.75 Å². The molecule has 2 N–H and O–H groups in total. The topological polar surface area (TPSA) is 60.8 Å². The molecule has 0 aromatic heterocycles. The van der Waals surface area contributed by atoms with Gasteiger partial charge in [0.25, 0.3) is 0 Å². The molecule has 2 unspecified atom stereocenters. The Kier molecular flexibility index (Phi) is 4.43. The lowest BCUT2D eigenvalue weighted by molar-refractivity contribution is -0.136. The highest BCUT2D eigenvalue weighted by Gasteiger charge is 2.29. The molecule has 1 heterocycles. The van der Waals surface area contributed by atoms with Crippen LogP contribution in [0.1, 0.15) is 31.7 Å². The largest absolute Gasteiger partial charge is 0.508 e. The van der Waals surface area contributed by atoms with Gasteiger partial charge in [0.15, 0.2) is 0 Å². The number of piperidine rings is 1. The Morgan fingerprint density at radius 1 is 1.47 bits per heavy atom. The summed E-state index contributed by atoms with van der Waals surface area (Å²) < 4.78 is 0. The zero-order chi connectivity index (χ0) is 13.8. The molecule has 1 aromatic rings. The van der Waals surface area contributed by atoms with Crippen LogP contribution in [0, 0.1) is 0 Å². The Morgan fingerprint density at radius 3 is 2.95 bits per heavy atom. The summed E-state index contributed by atoms with van der Waals surface area (Å²) in [7, 11) is 0. The number of aliphatic hydroxyl groups is 1. The van der Waals surface area contributed by atoms with E-state index in [0.717, 1.165) is 24.8 Å². The minimum atomic E-state index is -0.492. The minimum Gasteiger partial charge on any atom is -0.508 e. The Bertz CT molecular complexity index is 445. The first-order chi connectivity index (χ1) is 9.08. The third-order valence-electron chi connectivity index (χ3n) is 3.69. The first-order valence-electron chi connectivity index (χ1n) is 6.83. The molecule has 1 aliphatic heterocycles. The Hall–Kier alpha value is -1.55. The highest BCUT2D eigenvalue weighted by atomic mass is 16.3. The third kappa shape index (κ3) is 3.47. The van der Waals surface area contributed by atoms with Crippen LogP contribution in [0.4, 0.5) is 0 Å². The van der Waals surface area contributed by atoms with Crippen molar-refractivity contribution in [1.29, 1.82) is 0 Å². The maximum atomic E-state index is 12.3. The molecule has 19 heavy (non-hydrogen) atoms. The summed E-state index contributed by atoms with van der Waals surface area (Å²) >= 11 is 0. The van der Waals surface area contributed by atoms with Crippen molar-refractivity contribution < 1.29 is 15.0 Å². The Labute approximate surface area is 113 Å². The van der Waals surface area contributed by atoms with Crippen LogP contribution in [0.15, 0.2) is 24.3 Å². The lowest BCUT2D eigenvalue weighted by Crippen LogP contribution is -2.49. The fourth-order valence-electron chi connectivity index (χ4n) is 2.71. The molecule has 104 valence electrons. The molecule has 1 amide bonds. The Morgan fingerprint density at radius 2 is 2.26 bits per heavy atom. The molecule has 0 bridgehead atoms. The van der Waals surface area contributed by atoms with Gasteiger partial charge in [-0.05, 0) is 43.9 Å². The maximum absolute atomic E-state index is 12.3. The van der Waals surface area contributed by atoms with Crippen LogP contribution in [-0.4, -0.2) is 39.7 Å². The number of aromatic hydroxyl groups is 1. The van der Waals surface area contributed by atoms with Crippen molar-refractivity contribution in [2.24, 2.45) is 0 Å². The van der Waals surface area contributed by atoms with Crippen molar-refractivity contribution >= 4 is 5.91 Å². The monoisotopic (exact) mass is 263 g/mol. The van der Waals surface area contributed by atoms with Gasteiger partial charge in [-0.2, -0.15) is 0 Å². The fraction of sp³-hybridized carbons (Fsp3) is 0.533. The molecule has 4 heteroatoms. The number of rotatable bonds is 3. The van der Waals surface area contributed by atoms with Crippen molar-refractivity contribution in [3.63, 3.8) is 0 Å². The van der Waals surface area contributed by atoms with Crippen molar-refractivity contribution in [3.8, 4) is 5.75 Å². The Balaban J connectivity index is 2.05. The van der Waals surface area contributed by atoms with Crippen LogP contribution in [0.25, 0.3) is 0 Å². The number of aliphatic hydroxyl groups excluding tert-OH is 1. The van der Waals surface area contributed by atoms with Gasteiger partial charge in [-0.25, -0.2) is 0 Å². The van der Waals surface area contributed by atoms with E-state index in [0.29, 0.717) is 6.54 Å². The predicted octanol–water partition coefficient (Wildman–Crippen LogP) is 1.70. The van der Waals surface area contributed by atoms with Gasteiger partial charge in [-0.1, -0.05) is 12.1 Å². The van der Waals surface area contributed by atoms with Crippen LogP contribution in [-0.2, 0) is 11.2 Å². The van der Waals surface area contributed by atoms with E-state index < -0.39 is 6.10 Å². The molecule has 0 saturated carbocycles. The van der Waals surface area contributed by atoms with E-state index in [4.69, 9.17) is 0 Å². The number of phenols is 1. The number of nitrogens with zero attached hydrogens (tertiary/aromatic N) is 1. The second-order valence-corrected chi connectivity index (χ2v) is 5.24. The van der Waals surface area contributed by atoms with E-state index in [1.165, 1.54) is 0 Å². The number of carbonyl (C=O) groups is 1. The lowest BCUT2D eigenvalue weighted by Gasteiger charge is -2.37. The van der Waals surface area contributed by atoms with Gasteiger partial charge in [0, 0.05) is 6.54 Å². The van der Waals surface area contributed by atoms with E-state index in [-0.39, 0.29) is 24.1 Å². The second-order valence-electron chi connectivity index (χ2n) is 5.24. The third-order valence-corrected chi connectivity index (χ3v) is 3.69. The summed E-state index contributed by atoms with van der Waals surface area (Å²) in [5, 5.41) is 19.2. The maximum Gasteiger partial charge on any atom is 0.227 e. The van der Waals surface area contributed by atoms with Crippen molar-refractivity contribution in [3.05, 3.63) is 29.8 Å². The highest BCUT2D eigenvalue weighted by Crippen LogP contribution is 2.21. The zero-order valence-electron chi connectivity index (χ0n) is 11.2. The smallest absolute Gasteiger partial charge is 0.227 e. The summed E-state index contributed by atoms with van der Waals surface area (Å²) in [6.45, 7) is 2.46. The number of likely N-dealkylation sites (tertiary alicyclic amines) is 1. The number of benzene rings is 1. The summed E-state index contributed by atoms with van der Waals surface area (Å²) in [6.07, 6.45) is 2.70. The first kappa shape index (κ1) is 13.9. The summed E-state index contributed by atoms with van der Waals surface area (Å²) in [4.78, 5) is 14.1. The van der Waals surface area contributed by atoms with E-state index in [1.807, 2.05) is 6.07 Å². The molecule has 1 saturated heterocycles. The molecule has 2 atom stereocenters. The molecular formula is C15H21NO3. The fourth-order valence-corrected chi connectivity index (χ4v) is 2.71. The van der Waals surface area contributed by atoms with Gasteiger partial charge in [0.2, 0.25) is 5.91 Å². The second kappa shape index (κ2) is 6.06. The van der Waals surface area contributed by atoms with E-state index in [2.05, 4.69) is 0 Å². The van der Waals surface area contributed by atoms with Gasteiger partial charge < -0.3 is 15.1 Å². The van der Waals surface area contributed by atoms with Crippen molar-refractivity contribution in [2.75, 3.05) is 6.54 Å². The molecule has 1 fully saturated rings. The standard InChI is InChI=1S/C15H21NO3/c1-11(17)14-7-2-3-8-16(14)15(19)10-12-5-4-6-13(18)9-12/h4-6,9,11,14,17-18H,2-3,7-8,10H2,1H3. The highest BCUT2D eigenvalue weighted by molar-refractivity contribution is 5.79. The molecule has 0 aliphatic carbocycles. The molecule has 4 nitrogen and oxygen atoms in total. The number of amides is 1. The number of phenolic OH excluding ortho intramolecular Hbond substituents is 1. The van der Waals surface area contributed by atoms with Gasteiger partial charge in [0.05, 0.1) is 18.6 Å². The average molecular weight is 263 g/mol. The van der Waals surface area contributed by atoms with E-state index in [9.17, 15) is 15.0 Å². The molecule has 1 aromatic carbocycles. The van der Waals surface area contributed by atoms with Crippen LogP contribution < -0.4 is 0 Å². The molecule has 0 radical (unpaired) electrons. The molecule has 2 rings (SSSR count). The molecule has 0 spiro atoms. The van der Waals surface area contributed by atoms with Crippen LogP contribution in [0.5, 0.6) is 5.75 Å². The first-order valence-corrected chi connectivity index (χ1v) is 6.83. The van der Waals surface area contributed by atoms with E-state index >= 15 is 0 Å². The molecular weight excluding hydrogens is 242 g/mol. The number of carbonyl (C=O) groups excluding carboxylic acids is 1. The van der Waals surface area contributed by atoms with Gasteiger partial charge >= 0.3 is 0 Å². The molecule has 1 aliphatic rings. The van der Waals surface area contributed by atoms with Gasteiger partial charge in [-0.15, -0.1) is 0 Å². The summed E-state index contributed by atoms with van der Waals surface area (Å²) in [5.74, 6) is 0.201. The SMILES string of the molecule is CC(O)C1CCCCN1C(=O)Cc1cccc(O)c1. The van der Waals surface area contributed by atoms with Crippen molar-refractivity contribution in [1.82, 2.24) is 4.90 Å². The predicted molar refractivity (Wildman–Crippen MR) is 72.8 cm³/mol. The number of hydrogen-bond acceptors (Lipinski definition) is 3. The van der Waals surface area contributed by atoms with Crippen LogP contribution >= 0.6 is 0 Å². The minimum absolute atomic E-state index is 0.0243. The van der Waals surface area contributed by atoms with Crippen molar-refractivity contribution in [2.45, 2.75) is 44.8 Å². The lowest BCUT2D eigenvalue weighted by atomic mass is 9.97.